The van der Waals surface area contributed by atoms with Crippen molar-refractivity contribution in [3.05, 3.63) is 30.4 Å². The van der Waals surface area contributed by atoms with E-state index < -0.39 is 5.91 Å². The number of amides is 1. The Morgan fingerprint density at radius 3 is 2.52 bits per heavy atom. The molecule has 0 aromatic carbocycles. The minimum Gasteiger partial charge on any atom is -0.364 e. The van der Waals surface area contributed by atoms with Crippen molar-refractivity contribution in [3.8, 4) is 0 Å². The molecule has 4 saturated carbocycles. The van der Waals surface area contributed by atoms with Crippen LogP contribution in [0, 0.1) is 23.7 Å². The van der Waals surface area contributed by atoms with Gasteiger partial charge >= 0.3 is 0 Å². The Hall–Kier alpha value is -2.90. The molecule has 3 N–H and O–H groups in total. The molecule has 4 aliphatic rings. The van der Waals surface area contributed by atoms with Gasteiger partial charge in [0, 0.05) is 19.4 Å². The highest BCUT2D eigenvalue weighted by atomic mass is 16.1. The summed E-state index contributed by atoms with van der Waals surface area (Å²) in [4.78, 5) is 20.7. The van der Waals surface area contributed by atoms with E-state index in [0.717, 1.165) is 40.4 Å². The Morgan fingerprint density at radius 2 is 1.86 bits per heavy atom. The third-order valence-electron chi connectivity index (χ3n) is 7.31. The van der Waals surface area contributed by atoms with Crippen molar-refractivity contribution in [1.82, 2.24) is 24.3 Å². The number of aromatic nitrogens is 5. The zero-order chi connectivity index (χ0) is 19.7. The molecule has 0 aliphatic heterocycles. The predicted molar refractivity (Wildman–Crippen MR) is 109 cm³/mol. The second-order valence-corrected chi connectivity index (χ2v) is 9.20. The summed E-state index contributed by atoms with van der Waals surface area (Å²) in [5, 5.41) is 8.92. The first-order chi connectivity index (χ1) is 14.0. The summed E-state index contributed by atoms with van der Waals surface area (Å²) in [6.07, 6.45) is 12.3. The summed E-state index contributed by atoms with van der Waals surface area (Å²) in [6, 6.07) is 2.17. The van der Waals surface area contributed by atoms with E-state index in [4.69, 9.17) is 15.8 Å². The number of carbonyl (C=O) groups excluding carboxylic acids is 1. The lowest BCUT2D eigenvalue weighted by molar-refractivity contribution is -0.0321. The molecule has 1 amide bonds. The number of rotatable bonds is 4. The molecule has 0 unspecified atom stereocenters. The second-order valence-electron chi connectivity index (χ2n) is 9.20. The van der Waals surface area contributed by atoms with Gasteiger partial charge in [-0.3, -0.25) is 4.79 Å². The number of hydrogen-bond acceptors (Lipinski definition) is 5. The molecule has 0 radical (unpaired) electrons. The van der Waals surface area contributed by atoms with Gasteiger partial charge in [0.2, 0.25) is 5.95 Å². The first kappa shape index (κ1) is 17.0. The maximum Gasteiger partial charge on any atom is 0.265 e. The van der Waals surface area contributed by atoms with Crippen molar-refractivity contribution < 1.29 is 4.79 Å². The van der Waals surface area contributed by atoms with Gasteiger partial charge in [-0.2, -0.15) is 10.1 Å². The maximum atomic E-state index is 11.5. The Balaban J connectivity index is 1.34. The number of aryl methyl sites for hydroxylation is 1. The van der Waals surface area contributed by atoms with Crippen LogP contribution in [0.15, 0.2) is 24.7 Å². The summed E-state index contributed by atoms with van der Waals surface area (Å²) in [7, 11) is 1.79. The summed E-state index contributed by atoms with van der Waals surface area (Å²) < 4.78 is 3.87. The first-order valence-electron chi connectivity index (χ1n) is 10.5. The molecular formula is C21H25N7O. The second kappa shape index (κ2) is 6.05. The van der Waals surface area contributed by atoms with E-state index in [0.29, 0.717) is 17.7 Å². The molecule has 8 nitrogen and oxygen atoms in total. The van der Waals surface area contributed by atoms with E-state index >= 15 is 0 Å². The SMILES string of the molecule is Cn1cc(Nc2ncc3cnn(C4C5CC6CC(C5)CC4C6)c3n2)cc1C(N)=O. The Bertz CT molecular complexity index is 1090. The van der Waals surface area contributed by atoms with Crippen LogP contribution in [0.5, 0.6) is 0 Å². The van der Waals surface area contributed by atoms with E-state index in [1.54, 1.807) is 17.7 Å². The fourth-order valence-electron chi connectivity index (χ4n) is 6.42. The molecule has 0 atom stereocenters. The van der Waals surface area contributed by atoms with Gasteiger partial charge in [-0.15, -0.1) is 0 Å². The smallest absolute Gasteiger partial charge is 0.265 e. The summed E-state index contributed by atoms with van der Waals surface area (Å²) in [6.45, 7) is 0. The van der Waals surface area contributed by atoms with E-state index in [1.807, 2.05) is 18.6 Å². The van der Waals surface area contributed by atoms with E-state index in [1.165, 1.54) is 32.1 Å². The monoisotopic (exact) mass is 391 g/mol. The number of anilines is 2. The standard InChI is InChI=1S/C21H25N7O/c1-27-10-16(7-17(27)19(22)29)25-21-23-8-15-9-24-28(20(15)26-21)18-13-3-11-2-12(5-13)6-14(18)4-11/h7-14,18H,2-6H2,1H3,(H2,22,29)(H,23,25,26). The van der Waals surface area contributed by atoms with Crippen LogP contribution in [0.3, 0.4) is 0 Å². The zero-order valence-corrected chi connectivity index (χ0v) is 16.5. The molecule has 150 valence electrons. The van der Waals surface area contributed by atoms with Crippen LogP contribution in [-0.4, -0.2) is 30.2 Å². The van der Waals surface area contributed by atoms with Crippen molar-refractivity contribution in [2.24, 2.45) is 36.5 Å². The first-order valence-corrected chi connectivity index (χ1v) is 10.5. The highest BCUT2D eigenvalue weighted by molar-refractivity contribution is 5.92. The highest BCUT2D eigenvalue weighted by Gasteiger charge is 2.49. The fraction of sp³-hybridized carbons (Fsp3) is 0.524. The Morgan fingerprint density at radius 1 is 1.14 bits per heavy atom. The number of primary amides is 1. The van der Waals surface area contributed by atoms with Crippen molar-refractivity contribution in [2.45, 2.75) is 38.1 Å². The van der Waals surface area contributed by atoms with Gasteiger partial charge in [0.1, 0.15) is 5.69 Å². The minimum atomic E-state index is -0.461. The molecular weight excluding hydrogens is 366 g/mol. The van der Waals surface area contributed by atoms with Crippen molar-refractivity contribution in [3.63, 3.8) is 0 Å². The van der Waals surface area contributed by atoms with Crippen LogP contribution in [-0.2, 0) is 7.05 Å². The number of nitrogens with one attached hydrogen (secondary N) is 1. The number of fused-ring (bicyclic) bond motifs is 1. The normalized spacial score (nSPS) is 30.2. The summed E-state index contributed by atoms with van der Waals surface area (Å²) in [5.74, 6) is 3.36. The van der Waals surface area contributed by atoms with Crippen molar-refractivity contribution in [1.29, 1.82) is 0 Å². The van der Waals surface area contributed by atoms with Gasteiger partial charge in [0.05, 0.1) is 23.3 Å². The molecule has 3 heterocycles. The molecule has 4 bridgehead atoms. The highest BCUT2D eigenvalue weighted by Crippen LogP contribution is 2.58. The molecule has 3 aromatic rings. The molecule has 4 aliphatic carbocycles. The van der Waals surface area contributed by atoms with E-state index in [9.17, 15) is 4.79 Å². The fourth-order valence-corrected chi connectivity index (χ4v) is 6.42. The Kier molecular flexibility index (Phi) is 3.54. The number of carbonyl (C=O) groups is 1. The predicted octanol–water partition coefficient (Wildman–Crippen LogP) is 3.00. The van der Waals surface area contributed by atoms with Gasteiger partial charge in [-0.25, -0.2) is 9.67 Å². The van der Waals surface area contributed by atoms with Gasteiger partial charge in [0.15, 0.2) is 5.65 Å². The number of hydrogen-bond donors (Lipinski definition) is 2. The average molecular weight is 391 g/mol. The molecule has 7 rings (SSSR count). The molecule has 3 aromatic heterocycles. The van der Waals surface area contributed by atoms with Crippen molar-refractivity contribution >= 4 is 28.6 Å². The van der Waals surface area contributed by atoms with Gasteiger partial charge < -0.3 is 15.6 Å². The largest absolute Gasteiger partial charge is 0.364 e. The molecule has 4 fully saturated rings. The van der Waals surface area contributed by atoms with E-state index in [2.05, 4.69) is 15.0 Å². The van der Waals surface area contributed by atoms with Crippen LogP contribution in [0.4, 0.5) is 11.6 Å². The number of nitrogens with zero attached hydrogens (tertiary/aromatic N) is 5. The van der Waals surface area contributed by atoms with Crippen molar-refractivity contribution in [2.75, 3.05) is 5.32 Å². The van der Waals surface area contributed by atoms with Gasteiger partial charge in [-0.05, 0) is 61.8 Å². The maximum absolute atomic E-state index is 11.5. The molecule has 29 heavy (non-hydrogen) atoms. The van der Waals surface area contributed by atoms with Crippen LogP contribution < -0.4 is 11.1 Å². The quantitative estimate of drug-likeness (QED) is 0.711. The molecule has 0 saturated heterocycles. The number of nitrogens with two attached hydrogens (primary N) is 1. The van der Waals surface area contributed by atoms with Crippen LogP contribution in [0.2, 0.25) is 0 Å². The lowest BCUT2D eigenvalue weighted by Gasteiger charge is -2.54. The topological polar surface area (TPSA) is 104 Å². The third-order valence-corrected chi connectivity index (χ3v) is 7.31. The minimum absolute atomic E-state index is 0.437. The lowest BCUT2D eigenvalue weighted by atomic mass is 9.54. The van der Waals surface area contributed by atoms with Gasteiger partial charge in [0.25, 0.3) is 5.91 Å². The summed E-state index contributed by atoms with van der Waals surface area (Å²) in [5.41, 5.74) is 7.48. The lowest BCUT2D eigenvalue weighted by Crippen LogP contribution is -2.46. The molecule has 0 spiro atoms. The van der Waals surface area contributed by atoms with Crippen LogP contribution >= 0.6 is 0 Å². The third kappa shape index (κ3) is 2.65. The van der Waals surface area contributed by atoms with E-state index in [-0.39, 0.29) is 0 Å². The molecule has 8 heteroatoms. The zero-order valence-electron chi connectivity index (χ0n) is 16.5. The summed E-state index contributed by atoms with van der Waals surface area (Å²) >= 11 is 0. The van der Waals surface area contributed by atoms with Crippen LogP contribution in [0.1, 0.15) is 48.6 Å². The Labute approximate surface area is 168 Å². The average Bonchev–Trinajstić information content (AvgIpc) is 3.24. The van der Waals surface area contributed by atoms with Gasteiger partial charge in [-0.1, -0.05) is 0 Å². The van der Waals surface area contributed by atoms with Crippen LogP contribution in [0.25, 0.3) is 11.0 Å².